The van der Waals surface area contributed by atoms with Crippen molar-refractivity contribution in [3.63, 3.8) is 0 Å². The molecule has 0 radical (unpaired) electrons. The number of hydrogen-bond donors (Lipinski definition) is 2. The van der Waals surface area contributed by atoms with Crippen molar-refractivity contribution in [3.05, 3.63) is 24.2 Å². The van der Waals surface area contributed by atoms with Crippen LogP contribution in [-0.2, 0) is 9.53 Å². The average molecular weight is 250 g/mol. The number of carbonyl (C=O) groups is 1. The van der Waals surface area contributed by atoms with Gasteiger partial charge in [-0.3, -0.25) is 0 Å². The first-order chi connectivity index (χ1) is 8.61. The predicted octanol–water partition coefficient (Wildman–Crippen LogP) is 0.549. The maximum absolute atomic E-state index is 10.8. The first-order valence-corrected chi connectivity index (χ1v) is 5.42. The molecule has 0 saturated heterocycles. The van der Waals surface area contributed by atoms with Gasteiger partial charge in [-0.2, -0.15) is 5.10 Å². The highest BCUT2D eigenvalue weighted by Gasteiger charge is 2.16. The minimum Gasteiger partial charge on any atom is -0.479 e. The van der Waals surface area contributed by atoms with Crippen molar-refractivity contribution in [1.29, 1.82) is 0 Å². The lowest BCUT2D eigenvalue weighted by Gasteiger charge is -2.12. The molecule has 1 unspecified atom stereocenters. The molecule has 2 aromatic rings. The van der Waals surface area contributed by atoms with E-state index in [2.05, 4.69) is 15.4 Å². The molecule has 2 heterocycles. The van der Waals surface area contributed by atoms with Crippen molar-refractivity contribution in [1.82, 2.24) is 14.6 Å². The molecule has 7 nitrogen and oxygen atoms in total. The van der Waals surface area contributed by atoms with E-state index >= 15 is 0 Å². The molecule has 0 fully saturated rings. The van der Waals surface area contributed by atoms with E-state index in [1.165, 1.54) is 7.11 Å². The van der Waals surface area contributed by atoms with E-state index in [0.717, 1.165) is 11.2 Å². The lowest BCUT2D eigenvalue weighted by Crippen LogP contribution is -2.30. The predicted molar refractivity (Wildman–Crippen MR) is 64.6 cm³/mol. The third-order valence-electron chi connectivity index (χ3n) is 2.53. The summed E-state index contributed by atoms with van der Waals surface area (Å²) in [7, 11) is 1.36. The quantitative estimate of drug-likeness (QED) is 0.805. The zero-order chi connectivity index (χ0) is 13.1. The Hall–Kier alpha value is -2.15. The van der Waals surface area contributed by atoms with Crippen LogP contribution in [0.4, 0.5) is 5.82 Å². The largest absolute Gasteiger partial charge is 0.479 e. The molecule has 1 atom stereocenters. The van der Waals surface area contributed by atoms with Crippen LogP contribution in [0.15, 0.2) is 18.5 Å². The van der Waals surface area contributed by atoms with Crippen molar-refractivity contribution < 1.29 is 14.6 Å². The zero-order valence-corrected chi connectivity index (χ0v) is 10.1. The number of hydrogen-bond acceptors (Lipinski definition) is 5. The van der Waals surface area contributed by atoms with Gasteiger partial charge in [0.05, 0.1) is 12.2 Å². The van der Waals surface area contributed by atoms with E-state index in [-0.39, 0.29) is 6.54 Å². The van der Waals surface area contributed by atoms with Crippen LogP contribution in [0.5, 0.6) is 0 Å². The second-order valence-corrected chi connectivity index (χ2v) is 3.83. The van der Waals surface area contributed by atoms with Gasteiger partial charge >= 0.3 is 5.97 Å². The summed E-state index contributed by atoms with van der Waals surface area (Å²) in [5.41, 5.74) is 1.67. The van der Waals surface area contributed by atoms with Gasteiger partial charge in [-0.15, -0.1) is 0 Å². The van der Waals surface area contributed by atoms with Crippen LogP contribution in [-0.4, -0.2) is 45.4 Å². The summed E-state index contributed by atoms with van der Waals surface area (Å²) in [5.74, 6) is -0.428. The molecule has 0 aromatic carbocycles. The second kappa shape index (κ2) is 5.01. The summed E-state index contributed by atoms with van der Waals surface area (Å²) in [6.45, 7) is 2.02. The lowest BCUT2D eigenvalue weighted by molar-refractivity contribution is -0.147. The molecular weight excluding hydrogens is 236 g/mol. The highest BCUT2D eigenvalue weighted by Crippen LogP contribution is 2.14. The normalized spacial score (nSPS) is 12.6. The van der Waals surface area contributed by atoms with Crippen LogP contribution in [0.1, 0.15) is 5.69 Å². The fourth-order valence-electron chi connectivity index (χ4n) is 1.64. The summed E-state index contributed by atoms with van der Waals surface area (Å²) < 4.78 is 6.53. The number of aryl methyl sites for hydroxylation is 1. The molecule has 2 rings (SSSR count). The summed E-state index contributed by atoms with van der Waals surface area (Å²) >= 11 is 0. The number of rotatable bonds is 5. The fraction of sp³-hybridized carbons (Fsp3) is 0.364. The number of anilines is 1. The molecule has 2 aromatic heterocycles. The lowest BCUT2D eigenvalue weighted by atomic mass is 10.3. The van der Waals surface area contributed by atoms with Crippen molar-refractivity contribution >= 4 is 17.3 Å². The number of nitrogens with zero attached hydrogens (tertiary/aromatic N) is 3. The van der Waals surface area contributed by atoms with Crippen LogP contribution in [0, 0.1) is 6.92 Å². The van der Waals surface area contributed by atoms with Gasteiger partial charge in [0.2, 0.25) is 0 Å². The molecule has 18 heavy (non-hydrogen) atoms. The Balaban J connectivity index is 2.19. The number of nitrogens with one attached hydrogen (secondary N) is 1. The number of carboxylic acids is 1. The van der Waals surface area contributed by atoms with E-state index in [1.54, 1.807) is 16.9 Å². The van der Waals surface area contributed by atoms with Crippen LogP contribution < -0.4 is 5.32 Å². The smallest absolute Gasteiger partial charge is 0.334 e. The van der Waals surface area contributed by atoms with Gasteiger partial charge in [-0.25, -0.2) is 14.3 Å². The minimum atomic E-state index is -1.01. The van der Waals surface area contributed by atoms with Crippen molar-refractivity contribution in [3.8, 4) is 0 Å². The van der Waals surface area contributed by atoms with Gasteiger partial charge in [-0.05, 0) is 13.0 Å². The Bertz CT molecular complexity index is 566. The number of ether oxygens (including phenoxy) is 1. The van der Waals surface area contributed by atoms with E-state index in [1.807, 2.05) is 13.0 Å². The summed E-state index contributed by atoms with van der Waals surface area (Å²) in [5, 5.41) is 16.1. The van der Waals surface area contributed by atoms with Crippen molar-refractivity contribution in [2.24, 2.45) is 0 Å². The van der Waals surface area contributed by atoms with Crippen molar-refractivity contribution in [2.45, 2.75) is 13.0 Å². The maximum Gasteiger partial charge on any atom is 0.334 e. The molecule has 0 spiro atoms. The SMILES string of the molecule is COC(CNc1nccn2nc(C)cc12)C(=O)O. The Kier molecular flexibility index (Phi) is 3.42. The molecule has 0 aliphatic rings. The fourth-order valence-corrected chi connectivity index (χ4v) is 1.64. The summed E-state index contributed by atoms with van der Waals surface area (Å²) in [4.78, 5) is 15.0. The molecular formula is C11H14N4O3. The van der Waals surface area contributed by atoms with Gasteiger partial charge < -0.3 is 15.2 Å². The van der Waals surface area contributed by atoms with Gasteiger partial charge in [0.1, 0.15) is 5.52 Å². The van der Waals surface area contributed by atoms with Crippen LogP contribution in [0.2, 0.25) is 0 Å². The molecule has 0 saturated carbocycles. The number of carboxylic acid groups (broad SMARTS) is 1. The molecule has 0 aliphatic carbocycles. The molecule has 0 aliphatic heterocycles. The average Bonchev–Trinajstić information content (AvgIpc) is 2.70. The third kappa shape index (κ3) is 2.40. The molecule has 0 bridgehead atoms. The number of fused-ring (bicyclic) bond motifs is 1. The van der Waals surface area contributed by atoms with E-state index in [9.17, 15) is 4.79 Å². The monoisotopic (exact) mass is 250 g/mol. The maximum atomic E-state index is 10.8. The van der Waals surface area contributed by atoms with E-state index in [0.29, 0.717) is 5.82 Å². The van der Waals surface area contributed by atoms with Gasteiger partial charge in [0.15, 0.2) is 11.9 Å². The zero-order valence-electron chi connectivity index (χ0n) is 10.1. The highest BCUT2D eigenvalue weighted by atomic mass is 16.5. The van der Waals surface area contributed by atoms with Crippen LogP contribution in [0.3, 0.4) is 0 Å². The van der Waals surface area contributed by atoms with Gasteiger partial charge in [0, 0.05) is 19.5 Å². The molecule has 96 valence electrons. The number of aromatic nitrogens is 3. The van der Waals surface area contributed by atoms with Gasteiger partial charge in [-0.1, -0.05) is 0 Å². The highest BCUT2D eigenvalue weighted by molar-refractivity contribution is 5.74. The van der Waals surface area contributed by atoms with E-state index < -0.39 is 12.1 Å². The van der Waals surface area contributed by atoms with Crippen molar-refractivity contribution in [2.75, 3.05) is 19.0 Å². The molecule has 2 N–H and O–H groups in total. The topological polar surface area (TPSA) is 88.8 Å². The second-order valence-electron chi connectivity index (χ2n) is 3.83. The van der Waals surface area contributed by atoms with Crippen LogP contribution in [0.25, 0.3) is 5.52 Å². The summed E-state index contributed by atoms with van der Waals surface area (Å²) in [6, 6.07) is 1.87. The minimum absolute atomic E-state index is 0.142. The third-order valence-corrected chi connectivity index (χ3v) is 2.53. The van der Waals surface area contributed by atoms with E-state index in [4.69, 9.17) is 9.84 Å². The number of methoxy groups -OCH3 is 1. The first-order valence-electron chi connectivity index (χ1n) is 5.42. The Morgan fingerprint density at radius 3 is 3.11 bits per heavy atom. The molecule has 7 heteroatoms. The summed E-state index contributed by atoms with van der Waals surface area (Å²) in [6.07, 6.45) is 2.43. The first kappa shape index (κ1) is 12.3. The van der Waals surface area contributed by atoms with Gasteiger partial charge in [0.25, 0.3) is 0 Å². The Labute approximate surface area is 103 Å². The Morgan fingerprint density at radius 2 is 2.44 bits per heavy atom. The molecule has 0 amide bonds. The van der Waals surface area contributed by atoms with Crippen LogP contribution >= 0.6 is 0 Å². The standard InChI is InChI=1S/C11H14N4O3/c1-7-5-8-10(12-3-4-15(8)14-7)13-6-9(18-2)11(16)17/h3-5,9H,6H2,1-2H3,(H,12,13)(H,16,17). The Morgan fingerprint density at radius 1 is 1.67 bits per heavy atom. The number of aliphatic carboxylic acids is 1.